The standard InChI is InChI=1S/C23H30N2.C7H7Br.3C2H6/c1-18-7-6-9-21(17-18)23(22-10-5-4-8-19(22)2)20-11-14-25(15-12-20)16-13-24-3;1-6-4-2-3-5-7(6)8;3*1-2/h4-10,17,24H,11-16H2,1-3H3;2-5H,1H3;3*1-2H3. The Morgan fingerprint density at radius 2 is 1.31 bits per heavy atom. The molecule has 1 heterocycles. The van der Waals surface area contributed by atoms with Gasteiger partial charge in [-0.25, -0.2) is 0 Å². The quantitative estimate of drug-likeness (QED) is 0.316. The normalized spacial score (nSPS) is 12.2. The number of nitrogens with one attached hydrogen (secondary N) is 1. The molecule has 3 aromatic carbocycles. The van der Waals surface area contributed by atoms with Gasteiger partial charge < -0.3 is 10.2 Å². The van der Waals surface area contributed by atoms with Crippen molar-refractivity contribution < 1.29 is 0 Å². The molecule has 0 amide bonds. The maximum Gasteiger partial charge on any atom is 0.0204 e. The summed E-state index contributed by atoms with van der Waals surface area (Å²) in [5.74, 6) is 0. The third-order valence-electron chi connectivity index (χ3n) is 6.29. The fourth-order valence-corrected chi connectivity index (χ4v) is 4.61. The average molecular weight is 596 g/mol. The van der Waals surface area contributed by atoms with E-state index in [1.165, 1.54) is 50.7 Å². The topological polar surface area (TPSA) is 15.3 Å². The number of nitrogens with zero attached hydrogens (tertiary/aromatic N) is 1. The molecular formula is C36H55BrN2. The Balaban J connectivity index is 0.000000862. The molecule has 3 heteroatoms. The Morgan fingerprint density at radius 3 is 1.79 bits per heavy atom. The van der Waals surface area contributed by atoms with E-state index >= 15 is 0 Å². The van der Waals surface area contributed by atoms with Gasteiger partial charge in [0.1, 0.15) is 0 Å². The molecule has 0 radical (unpaired) electrons. The molecule has 0 spiro atoms. The largest absolute Gasteiger partial charge is 0.318 e. The van der Waals surface area contributed by atoms with Crippen LogP contribution in [0.3, 0.4) is 0 Å². The zero-order valence-electron chi connectivity index (χ0n) is 26.5. The molecule has 1 aliphatic rings. The van der Waals surface area contributed by atoms with Crippen LogP contribution in [0.4, 0.5) is 0 Å². The first kappa shape index (κ1) is 36.8. The van der Waals surface area contributed by atoms with Crippen LogP contribution in [-0.2, 0) is 0 Å². The molecule has 0 atom stereocenters. The molecule has 0 unspecified atom stereocenters. The van der Waals surface area contributed by atoms with Crippen LogP contribution in [0.25, 0.3) is 5.57 Å². The molecule has 3 aromatic rings. The highest BCUT2D eigenvalue weighted by molar-refractivity contribution is 9.10. The van der Waals surface area contributed by atoms with Gasteiger partial charge in [-0.2, -0.15) is 0 Å². The van der Waals surface area contributed by atoms with Gasteiger partial charge in [-0.1, -0.05) is 135 Å². The van der Waals surface area contributed by atoms with Gasteiger partial charge in [-0.15, -0.1) is 0 Å². The van der Waals surface area contributed by atoms with Crippen LogP contribution in [-0.4, -0.2) is 38.1 Å². The molecule has 1 fully saturated rings. The molecule has 0 saturated carbocycles. The summed E-state index contributed by atoms with van der Waals surface area (Å²) in [6.45, 7) is 23.0. The SMILES string of the molecule is CC.CC.CC.CNCCN1CCC(=C(c2cccc(C)c2)c2ccccc2C)CC1.Cc1ccccc1Br. The van der Waals surface area contributed by atoms with E-state index in [0.717, 1.165) is 26.2 Å². The van der Waals surface area contributed by atoms with Crippen molar-refractivity contribution in [2.45, 2.75) is 75.2 Å². The van der Waals surface area contributed by atoms with Crippen molar-refractivity contribution in [3.8, 4) is 0 Å². The van der Waals surface area contributed by atoms with Crippen molar-refractivity contribution in [1.29, 1.82) is 0 Å². The molecular weight excluding hydrogens is 540 g/mol. The van der Waals surface area contributed by atoms with E-state index in [2.05, 4.69) is 102 Å². The molecule has 4 rings (SSSR count). The highest BCUT2D eigenvalue weighted by atomic mass is 79.9. The number of benzene rings is 3. The third-order valence-corrected chi connectivity index (χ3v) is 7.18. The summed E-state index contributed by atoms with van der Waals surface area (Å²) in [7, 11) is 2.03. The number of halogens is 1. The molecule has 2 nitrogen and oxygen atoms in total. The molecule has 1 aliphatic heterocycles. The second-order valence-corrected chi connectivity index (χ2v) is 9.71. The Labute approximate surface area is 250 Å². The number of likely N-dealkylation sites (tertiary alicyclic amines) is 1. The summed E-state index contributed by atoms with van der Waals surface area (Å²) in [4.78, 5) is 2.58. The molecule has 0 bridgehead atoms. The van der Waals surface area contributed by atoms with E-state index in [0.29, 0.717) is 0 Å². The van der Waals surface area contributed by atoms with Gasteiger partial charge in [0.15, 0.2) is 0 Å². The van der Waals surface area contributed by atoms with Gasteiger partial charge in [0, 0.05) is 30.7 Å². The van der Waals surface area contributed by atoms with E-state index in [1.54, 1.807) is 5.57 Å². The molecule has 39 heavy (non-hydrogen) atoms. The number of likely N-dealkylation sites (N-methyl/N-ethyl adjacent to an activating group) is 1. The second-order valence-electron chi connectivity index (χ2n) is 8.86. The Hall–Kier alpha value is -2.20. The Bertz CT molecular complexity index is 1040. The first-order valence-corrected chi connectivity index (χ1v) is 15.7. The third kappa shape index (κ3) is 13.1. The maximum absolute atomic E-state index is 3.40. The van der Waals surface area contributed by atoms with Crippen LogP contribution in [0.2, 0.25) is 0 Å². The zero-order valence-corrected chi connectivity index (χ0v) is 28.1. The summed E-state index contributed by atoms with van der Waals surface area (Å²) in [6.07, 6.45) is 2.34. The Morgan fingerprint density at radius 1 is 0.744 bits per heavy atom. The number of hydrogen-bond donors (Lipinski definition) is 1. The van der Waals surface area contributed by atoms with Crippen molar-refractivity contribution >= 4 is 21.5 Å². The van der Waals surface area contributed by atoms with E-state index in [4.69, 9.17) is 0 Å². The van der Waals surface area contributed by atoms with Gasteiger partial charge in [0.2, 0.25) is 0 Å². The summed E-state index contributed by atoms with van der Waals surface area (Å²) in [5, 5.41) is 3.26. The Kier molecular flexibility index (Phi) is 21.3. The van der Waals surface area contributed by atoms with Gasteiger partial charge in [-0.05, 0) is 74.6 Å². The summed E-state index contributed by atoms with van der Waals surface area (Å²) in [5.41, 5.74) is 9.82. The first-order chi connectivity index (χ1) is 19.0. The number of hydrogen-bond acceptors (Lipinski definition) is 2. The maximum atomic E-state index is 3.40. The first-order valence-electron chi connectivity index (χ1n) is 14.9. The molecule has 0 aromatic heterocycles. The van der Waals surface area contributed by atoms with Gasteiger partial charge >= 0.3 is 0 Å². The number of aryl methyl sites for hydroxylation is 3. The van der Waals surface area contributed by atoms with Gasteiger partial charge in [-0.3, -0.25) is 0 Å². The van der Waals surface area contributed by atoms with Crippen LogP contribution >= 0.6 is 15.9 Å². The lowest BCUT2D eigenvalue weighted by Crippen LogP contribution is -2.35. The minimum absolute atomic E-state index is 1.07. The monoisotopic (exact) mass is 594 g/mol. The van der Waals surface area contributed by atoms with Crippen LogP contribution < -0.4 is 5.32 Å². The lowest BCUT2D eigenvalue weighted by molar-refractivity contribution is 0.259. The number of piperidine rings is 1. The predicted octanol–water partition coefficient (Wildman–Crippen LogP) is 10.3. The fourth-order valence-electron chi connectivity index (χ4n) is 4.32. The number of rotatable bonds is 5. The van der Waals surface area contributed by atoms with Crippen LogP contribution in [0.15, 0.2) is 82.8 Å². The molecule has 216 valence electrons. The van der Waals surface area contributed by atoms with Crippen molar-refractivity contribution in [2.24, 2.45) is 0 Å². The smallest absolute Gasteiger partial charge is 0.0204 e. The minimum Gasteiger partial charge on any atom is -0.318 e. The van der Waals surface area contributed by atoms with Crippen LogP contribution in [0, 0.1) is 20.8 Å². The van der Waals surface area contributed by atoms with Crippen LogP contribution in [0.5, 0.6) is 0 Å². The summed E-state index contributed by atoms with van der Waals surface area (Å²) < 4.78 is 1.18. The van der Waals surface area contributed by atoms with E-state index in [-0.39, 0.29) is 0 Å². The molecule has 1 N–H and O–H groups in total. The minimum atomic E-state index is 1.07. The van der Waals surface area contributed by atoms with E-state index in [1.807, 2.05) is 66.8 Å². The van der Waals surface area contributed by atoms with E-state index < -0.39 is 0 Å². The fraction of sp³-hybridized carbons (Fsp3) is 0.444. The zero-order chi connectivity index (χ0) is 29.6. The van der Waals surface area contributed by atoms with Crippen molar-refractivity contribution in [3.05, 3.63) is 111 Å². The van der Waals surface area contributed by atoms with Crippen molar-refractivity contribution in [1.82, 2.24) is 10.2 Å². The highest BCUT2D eigenvalue weighted by Crippen LogP contribution is 2.34. The van der Waals surface area contributed by atoms with Gasteiger partial charge in [0.25, 0.3) is 0 Å². The summed E-state index contributed by atoms with van der Waals surface area (Å²) >= 11 is 3.40. The summed E-state index contributed by atoms with van der Waals surface area (Å²) in [6, 6.07) is 25.9. The van der Waals surface area contributed by atoms with Crippen LogP contribution in [0.1, 0.15) is 82.2 Å². The average Bonchev–Trinajstić information content (AvgIpc) is 2.99. The lowest BCUT2D eigenvalue weighted by atomic mass is 9.86. The lowest BCUT2D eigenvalue weighted by Gasteiger charge is -2.30. The predicted molar refractivity (Wildman–Crippen MR) is 181 cm³/mol. The van der Waals surface area contributed by atoms with Gasteiger partial charge in [0.05, 0.1) is 0 Å². The van der Waals surface area contributed by atoms with Crippen molar-refractivity contribution in [2.75, 3.05) is 33.2 Å². The van der Waals surface area contributed by atoms with Crippen molar-refractivity contribution in [3.63, 3.8) is 0 Å². The van der Waals surface area contributed by atoms with E-state index in [9.17, 15) is 0 Å². The molecule has 1 saturated heterocycles. The second kappa shape index (κ2) is 22.6. The molecule has 0 aliphatic carbocycles. The highest BCUT2D eigenvalue weighted by Gasteiger charge is 2.19.